The second-order valence-corrected chi connectivity index (χ2v) is 11.9. The summed E-state index contributed by atoms with van der Waals surface area (Å²) in [6, 6.07) is 19.2. The average molecular weight is 561 g/mol. The van der Waals surface area contributed by atoms with Gasteiger partial charge in [-0.2, -0.15) is 0 Å². The number of hydrogen-bond donors (Lipinski definition) is 1. The molecule has 1 aliphatic carbocycles. The number of hydrogen-bond acceptors (Lipinski definition) is 5. The molecule has 2 amide bonds. The number of pyridine rings is 1. The zero-order valence-electron chi connectivity index (χ0n) is 23.8. The predicted molar refractivity (Wildman–Crippen MR) is 164 cm³/mol. The van der Waals surface area contributed by atoms with Gasteiger partial charge in [-0.1, -0.05) is 24.8 Å². The number of aromatic nitrogens is 3. The van der Waals surface area contributed by atoms with E-state index in [2.05, 4.69) is 58.6 Å². The molecule has 2 aromatic carbocycles. The molecule has 7 rings (SSSR count). The second-order valence-electron chi connectivity index (χ2n) is 11.9. The lowest BCUT2D eigenvalue weighted by atomic mass is 9.95. The van der Waals surface area contributed by atoms with Gasteiger partial charge in [-0.25, -0.2) is 9.97 Å². The zero-order chi connectivity index (χ0) is 28.8. The van der Waals surface area contributed by atoms with Crippen LogP contribution in [0.3, 0.4) is 0 Å². The van der Waals surface area contributed by atoms with Gasteiger partial charge in [-0.3, -0.25) is 14.2 Å². The smallest absolute Gasteiger partial charge is 0.245 e. The Morgan fingerprint density at radius 1 is 0.881 bits per heavy atom. The first-order valence-electron chi connectivity index (χ1n) is 15.0. The summed E-state index contributed by atoms with van der Waals surface area (Å²) in [5, 5.41) is 0. The van der Waals surface area contributed by atoms with Crippen molar-refractivity contribution in [3.8, 4) is 17.1 Å². The van der Waals surface area contributed by atoms with E-state index in [1.165, 1.54) is 30.0 Å². The molecule has 2 N–H and O–H groups in total. The maximum absolute atomic E-state index is 13.3. The Morgan fingerprint density at radius 3 is 2.33 bits per heavy atom. The van der Waals surface area contributed by atoms with Crippen molar-refractivity contribution in [1.29, 1.82) is 0 Å². The molecule has 8 nitrogen and oxygen atoms in total. The third-order valence-electron chi connectivity index (χ3n) is 9.26. The lowest BCUT2D eigenvalue weighted by Gasteiger charge is -2.32. The molecular weight excluding hydrogens is 524 g/mol. The normalized spacial score (nSPS) is 19.4. The Labute approximate surface area is 245 Å². The first-order chi connectivity index (χ1) is 20.5. The molecule has 0 spiro atoms. The van der Waals surface area contributed by atoms with Crippen molar-refractivity contribution in [3.63, 3.8) is 0 Å². The summed E-state index contributed by atoms with van der Waals surface area (Å²) in [6.07, 6.45) is 7.94. The molecule has 3 fully saturated rings. The van der Waals surface area contributed by atoms with Crippen molar-refractivity contribution in [3.05, 3.63) is 84.6 Å². The Balaban J connectivity index is 1.12. The summed E-state index contributed by atoms with van der Waals surface area (Å²) in [5.41, 5.74) is 12.8. The van der Waals surface area contributed by atoms with Gasteiger partial charge in [0, 0.05) is 49.9 Å². The predicted octanol–water partition coefficient (Wildman–Crippen LogP) is 5.29. The number of amides is 2. The van der Waals surface area contributed by atoms with Crippen LogP contribution >= 0.6 is 0 Å². The minimum Gasteiger partial charge on any atom is -0.383 e. The number of nitrogens with two attached hydrogens (primary N) is 1. The van der Waals surface area contributed by atoms with E-state index in [0.717, 1.165) is 60.5 Å². The molecule has 4 aromatic rings. The molecule has 0 bridgehead atoms. The highest BCUT2D eigenvalue weighted by Crippen LogP contribution is 2.42. The summed E-state index contributed by atoms with van der Waals surface area (Å²) in [7, 11) is 0. The Morgan fingerprint density at radius 2 is 1.62 bits per heavy atom. The molecule has 0 radical (unpaired) electrons. The van der Waals surface area contributed by atoms with Gasteiger partial charge in [-0.15, -0.1) is 0 Å². The van der Waals surface area contributed by atoms with Crippen molar-refractivity contribution < 1.29 is 9.59 Å². The van der Waals surface area contributed by atoms with Crippen molar-refractivity contribution in [2.45, 2.75) is 43.9 Å². The number of likely N-dealkylation sites (tertiary alicyclic amines) is 2. The molecule has 1 saturated carbocycles. The summed E-state index contributed by atoms with van der Waals surface area (Å²) in [5.74, 6) is 2.37. The minimum atomic E-state index is -0.0475. The van der Waals surface area contributed by atoms with Crippen molar-refractivity contribution in [2.75, 3.05) is 31.9 Å². The van der Waals surface area contributed by atoms with Crippen LogP contribution in [-0.2, 0) is 9.59 Å². The fraction of sp³-hybridized carbons (Fsp3) is 0.353. The second kappa shape index (κ2) is 10.7. The molecule has 2 saturated heterocycles. The Hall–Kier alpha value is -4.46. The number of fused-ring (bicyclic) bond motifs is 1. The van der Waals surface area contributed by atoms with Gasteiger partial charge in [0.25, 0.3) is 0 Å². The lowest BCUT2D eigenvalue weighted by molar-refractivity contribution is -0.138. The van der Waals surface area contributed by atoms with Crippen LogP contribution in [0.25, 0.3) is 28.1 Å². The molecule has 4 heterocycles. The van der Waals surface area contributed by atoms with Crippen molar-refractivity contribution in [2.24, 2.45) is 5.92 Å². The van der Waals surface area contributed by atoms with Crippen LogP contribution in [0.1, 0.15) is 55.1 Å². The monoisotopic (exact) mass is 560 g/mol. The molecule has 214 valence electrons. The first kappa shape index (κ1) is 26.4. The molecule has 42 heavy (non-hydrogen) atoms. The first-order valence-corrected chi connectivity index (χ1v) is 15.0. The van der Waals surface area contributed by atoms with Crippen LogP contribution in [-0.4, -0.2) is 62.3 Å². The lowest BCUT2D eigenvalue weighted by Crippen LogP contribution is -2.43. The number of imidazole rings is 1. The number of nitrogens with zero attached hydrogens (tertiary/aromatic N) is 5. The molecule has 3 aliphatic rings. The standard InChI is InChI=1S/C34H36N6O2/c1-2-31(41)38-17-13-24(14-18-38)34(42)39-19-15-26(21-39)23-7-10-27(11-8-23)40-30-20-25(22-5-6-22)9-12-29(30)37-33(40)28-4-3-16-36-32(28)35/h2-4,7-12,16,20,22,24,26H,1,5-6,13-15,17-19,21H2,(H2,35,36)/t26-/m1/s1. The van der Waals surface area contributed by atoms with Gasteiger partial charge in [0.2, 0.25) is 11.8 Å². The van der Waals surface area contributed by atoms with E-state index in [1.54, 1.807) is 11.1 Å². The highest BCUT2D eigenvalue weighted by atomic mass is 16.2. The number of nitrogen functional groups attached to an aromatic ring is 1. The van der Waals surface area contributed by atoms with E-state index in [-0.39, 0.29) is 17.7 Å². The van der Waals surface area contributed by atoms with Gasteiger partial charge in [0.05, 0.1) is 16.6 Å². The number of benzene rings is 2. The summed E-state index contributed by atoms with van der Waals surface area (Å²) in [6.45, 7) is 6.34. The maximum atomic E-state index is 13.3. The van der Waals surface area contributed by atoms with Crippen LogP contribution in [0.4, 0.5) is 5.82 Å². The number of carbonyl (C=O) groups is 2. The van der Waals surface area contributed by atoms with E-state index in [1.807, 2.05) is 17.0 Å². The van der Waals surface area contributed by atoms with E-state index in [0.29, 0.717) is 30.7 Å². The minimum absolute atomic E-state index is 0.00613. The summed E-state index contributed by atoms with van der Waals surface area (Å²) < 4.78 is 2.20. The van der Waals surface area contributed by atoms with Gasteiger partial charge in [0.1, 0.15) is 11.6 Å². The van der Waals surface area contributed by atoms with Gasteiger partial charge in [0.15, 0.2) is 0 Å². The Bertz CT molecular complexity index is 1660. The summed E-state index contributed by atoms with van der Waals surface area (Å²) in [4.78, 5) is 38.4. The van der Waals surface area contributed by atoms with E-state index < -0.39 is 0 Å². The number of piperidine rings is 1. The Kier molecular flexibility index (Phi) is 6.76. The highest BCUT2D eigenvalue weighted by molar-refractivity contribution is 5.88. The third kappa shape index (κ3) is 4.85. The van der Waals surface area contributed by atoms with Gasteiger partial charge < -0.3 is 15.5 Å². The highest BCUT2D eigenvalue weighted by Gasteiger charge is 2.34. The van der Waals surface area contributed by atoms with Crippen molar-refractivity contribution >= 4 is 28.7 Å². The molecule has 0 unspecified atom stereocenters. The maximum Gasteiger partial charge on any atom is 0.245 e. The molecule has 2 aromatic heterocycles. The number of carbonyl (C=O) groups excluding carboxylic acids is 2. The fourth-order valence-corrected chi connectivity index (χ4v) is 6.67. The topological polar surface area (TPSA) is 97.4 Å². The molecule has 8 heteroatoms. The van der Waals surface area contributed by atoms with Crippen LogP contribution in [0.2, 0.25) is 0 Å². The quantitative estimate of drug-likeness (QED) is 0.323. The van der Waals surface area contributed by atoms with Gasteiger partial charge in [-0.05, 0) is 91.6 Å². The third-order valence-corrected chi connectivity index (χ3v) is 9.26. The summed E-state index contributed by atoms with van der Waals surface area (Å²) >= 11 is 0. The van der Waals surface area contributed by atoms with Crippen LogP contribution < -0.4 is 5.73 Å². The van der Waals surface area contributed by atoms with Crippen LogP contribution in [0, 0.1) is 5.92 Å². The molecule has 1 atom stereocenters. The zero-order valence-corrected chi connectivity index (χ0v) is 23.8. The molecular formula is C34H36N6O2. The average Bonchev–Trinajstić information content (AvgIpc) is 3.64. The van der Waals surface area contributed by atoms with E-state index >= 15 is 0 Å². The van der Waals surface area contributed by atoms with Gasteiger partial charge >= 0.3 is 0 Å². The van der Waals surface area contributed by atoms with E-state index in [9.17, 15) is 9.59 Å². The van der Waals surface area contributed by atoms with Crippen LogP contribution in [0.15, 0.2) is 73.4 Å². The number of rotatable bonds is 6. The number of anilines is 1. The molecule has 2 aliphatic heterocycles. The fourth-order valence-electron chi connectivity index (χ4n) is 6.67. The largest absolute Gasteiger partial charge is 0.383 e. The SMILES string of the molecule is C=CC(=O)N1CCC(C(=O)N2CC[C@@H](c3ccc(-n4c(-c5cccnc5N)nc5ccc(C6CC6)cc54)cc3)C2)CC1. The van der Waals surface area contributed by atoms with Crippen LogP contribution in [0.5, 0.6) is 0 Å². The van der Waals surface area contributed by atoms with E-state index in [4.69, 9.17) is 10.7 Å². The van der Waals surface area contributed by atoms with Crippen molar-refractivity contribution in [1.82, 2.24) is 24.3 Å².